The first kappa shape index (κ1) is 15.8. The molecule has 0 spiro atoms. The summed E-state index contributed by atoms with van der Waals surface area (Å²) in [4.78, 5) is 34.3. The molecule has 1 aromatic carbocycles. The summed E-state index contributed by atoms with van der Waals surface area (Å²) in [5.41, 5.74) is 0.831. The molecule has 0 aliphatic heterocycles. The van der Waals surface area contributed by atoms with Gasteiger partial charge in [-0.2, -0.15) is 0 Å². The maximum Gasteiger partial charge on any atom is 0.372 e. The van der Waals surface area contributed by atoms with Gasteiger partial charge in [0.2, 0.25) is 0 Å². The van der Waals surface area contributed by atoms with Gasteiger partial charge in [0.1, 0.15) is 0 Å². The molecule has 0 saturated heterocycles. The number of carboxylic acid groups (broad SMARTS) is 1. The van der Waals surface area contributed by atoms with E-state index in [1.54, 1.807) is 6.08 Å². The summed E-state index contributed by atoms with van der Waals surface area (Å²) in [6, 6.07) is 9.17. The molecule has 0 amide bonds. The van der Waals surface area contributed by atoms with E-state index < -0.39 is 23.5 Å². The molecule has 4 heteroatoms. The van der Waals surface area contributed by atoms with Gasteiger partial charge < -0.3 is 5.11 Å². The third-order valence-corrected chi connectivity index (χ3v) is 2.96. The Labute approximate surface area is 118 Å². The molecule has 1 unspecified atom stereocenters. The Morgan fingerprint density at radius 2 is 1.85 bits per heavy atom. The highest BCUT2D eigenvalue weighted by Gasteiger charge is 2.29. The molecule has 0 bridgehead atoms. The van der Waals surface area contributed by atoms with Crippen molar-refractivity contribution in [3.05, 3.63) is 42.0 Å². The van der Waals surface area contributed by atoms with Crippen LogP contribution in [0.4, 0.5) is 0 Å². The first-order valence-corrected chi connectivity index (χ1v) is 6.60. The van der Waals surface area contributed by atoms with Crippen molar-refractivity contribution >= 4 is 23.6 Å². The van der Waals surface area contributed by atoms with Crippen LogP contribution >= 0.6 is 0 Å². The number of carbonyl (C=O) groups excluding carboxylic acids is 2. The molecule has 0 aliphatic rings. The third kappa shape index (κ3) is 4.80. The highest BCUT2D eigenvalue weighted by Crippen LogP contribution is 2.13. The Morgan fingerprint density at radius 3 is 2.40 bits per heavy atom. The van der Waals surface area contributed by atoms with Gasteiger partial charge in [0.25, 0.3) is 5.78 Å². The number of rotatable bonds is 8. The largest absolute Gasteiger partial charge is 0.475 e. The minimum Gasteiger partial charge on any atom is -0.475 e. The molecular weight excluding hydrogens is 256 g/mol. The molecule has 1 N–H and O–H groups in total. The van der Waals surface area contributed by atoms with Gasteiger partial charge in [-0.05, 0) is 18.1 Å². The number of allylic oxidation sites excluding steroid dienone is 1. The van der Waals surface area contributed by atoms with E-state index in [9.17, 15) is 14.4 Å². The van der Waals surface area contributed by atoms with Crippen LogP contribution in [-0.4, -0.2) is 22.6 Å². The highest BCUT2D eigenvalue weighted by molar-refractivity contribution is 6.38. The second kappa shape index (κ2) is 8.04. The van der Waals surface area contributed by atoms with E-state index in [2.05, 4.69) is 0 Å². The Bertz CT molecular complexity index is 502. The molecular formula is C16H18O4. The lowest BCUT2D eigenvalue weighted by Gasteiger charge is -2.09. The fourth-order valence-electron chi connectivity index (χ4n) is 1.82. The van der Waals surface area contributed by atoms with Gasteiger partial charge in [-0.25, -0.2) is 4.79 Å². The molecule has 0 aliphatic carbocycles. The van der Waals surface area contributed by atoms with Gasteiger partial charge in [0.05, 0.1) is 5.92 Å². The molecule has 0 radical (unpaired) electrons. The van der Waals surface area contributed by atoms with Gasteiger partial charge in [0.15, 0.2) is 5.78 Å². The standard InChI is InChI=1S/C16H18O4/c1-2-3-9-13(15(18)16(19)20)14(17)11-10-12-7-5-4-6-8-12/h4-8,10-11,13H,2-3,9H2,1H3,(H,19,20). The molecule has 1 atom stereocenters. The van der Waals surface area contributed by atoms with Crippen LogP contribution in [0.3, 0.4) is 0 Å². The molecule has 106 valence electrons. The first-order chi connectivity index (χ1) is 9.56. The van der Waals surface area contributed by atoms with E-state index in [1.807, 2.05) is 37.3 Å². The van der Waals surface area contributed by atoms with Gasteiger partial charge in [-0.3, -0.25) is 9.59 Å². The van der Waals surface area contributed by atoms with E-state index >= 15 is 0 Å². The van der Waals surface area contributed by atoms with Crippen LogP contribution in [0.25, 0.3) is 6.08 Å². The zero-order chi connectivity index (χ0) is 15.0. The second-order valence-electron chi connectivity index (χ2n) is 4.51. The Balaban J connectivity index is 2.80. The van der Waals surface area contributed by atoms with Crippen molar-refractivity contribution in [2.24, 2.45) is 5.92 Å². The van der Waals surface area contributed by atoms with E-state index in [0.717, 1.165) is 12.0 Å². The lowest BCUT2D eigenvalue weighted by Crippen LogP contribution is -2.29. The number of aliphatic carboxylic acids is 1. The smallest absolute Gasteiger partial charge is 0.372 e. The predicted octanol–water partition coefficient (Wildman–Crippen LogP) is 2.73. The number of hydrogen-bond acceptors (Lipinski definition) is 3. The van der Waals surface area contributed by atoms with Crippen LogP contribution in [0.2, 0.25) is 0 Å². The van der Waals surface area contributed by atoms with Crippen molar-refractivity contribution in [1.29, 1.82) is 0 Å². The molecule has 0 heterocycles. The van der Waals surface area contributed by atoms with Crippen molar-refractivity contribution < 1.29 is 19.5 Å². The zero-order valence-electron chi connectivity index (χ0n) is 11.4. The average molecular weight is 274 g/mol. The van der Waals surface area contributed by atoms with Crippen molar-refractivity contribution in [3.8, 4) is 0 Å². The van der Waals surface area contributed by atoms with Crippen LogP contribution in [0.1, 0.15) is 31.7 Å². The lowest BCUT2D eigenvalue weighted by atomic mass is 9.92. The van der Waals surface area contributed by atoms with Crippen molar-refractivity contribution in [2.45, 2.75) is 26.2 Å². The van der Waals surface area contributed by atoms with Crippen LogP contribution in [0.15, 0.2) is 36.4 Å². The van der Waals surface area contributed by atoms with Gasteiger partial charge in [-0.1, -0.05) is 56.2 Å². The Kier molecular flexibility index (Phi) is 6.37. The molecule has 1 rings (SSSR count). The van der Waals surface area contributed by atoms with Crippen LogP contribution in [0.5, 0.6) is 0 Å². The highest BCUT2D eigenvalue weighted by atomic mass is 16.4. The zero-order valence-corrected chi connectivity index (χ0v) is 11.4. The first-order valence-electron chi connectivity index (χ1n) is 6.60. The fourth-order valence-corrected chi connectivity index (χ4v) is 1.82. The number of unbranched alkanes of at least 4 members (excludes halogenated alkanes) is 1. The third-order valence-electron chi connectivity index (χ3n) is 2.96. The summed E-state index contributed by atoms with van der Waals surface area (Å²) in [7, 11) is 0. The van der Waals surface area contributed by atoms with Crippen molar-refractivity contribution in [3.63, 3.8) is 0 Å². The van der Waals surface area contributed by atoms with Gasteiger partial charge in [0, 0.05) is 0 Å². The number of benzene rings is 1. The van der Waals surface area contributed by atoms with Crippen molar-refractivity contribution in [1.82, 2.24) is 0 Å². The van der Waals surface area contributed by atoms with E-state index in [-0.39, 0.29) is 6.42 Å². The second-order valence-corrected chi connectivity index (χ2v) is 4.51. The van der Waals surface area contributed by atoms with Gasteiger partial charge >= 0.3 is 5.97 Å². The molecule has 20 heavy (non-hydrogen) atoms. The maximum atomic E-state index is 12.0. The normalized spacial score (nSPS) is 12.2. The number of carboxylic acids is 1. The summed E-state index contributed by atoms with van der Waals surface area (Å²) in [5, 5.41) is 8.76. The van der Waals surface area contributed by atoms with E-state index in [1.165, 1.54) is 6.08 Å². The summed E-state index contributed by atoms with van der Waals surface area (Å²) in [6.45, 7) is 1.92. The number of ketones is 2. The number of carbonyl (C=O) groups is 3. The summed E-state index contributed by atoms with van der Waals surface area (Å²) in [6.07, 6.45) is 4.61. The molecule has 0 aromatic heterocycles. The molecule has 1 aromatic rings. The van der Waals surface area contributed by atoms with E-state index in [4.69, 9.17) is 5.11 Å². The number of Topliss-reactive ketones (excluding diaryl/α,β-unsaturated/α-hetero) is 1. The minimum absolute atomic E-state index is 0.277. The van der Waals surface area contributed by atoms with Crippen LogP contribution in [-0.2, 0) is 14.4 Å². The molecule has 0 saturated carbocycles. The summed E-state index contributed by atoms with van der Waals surface area (Å²) < 4.78 is 0. The van der Waals surface area contributed by atoms with Crippen LogP contribution < -0.4 is 0 Å². The Morgan fingerprint density at radius 1 is 1.20 bits per heavy atom. The SMILES string of the molecule is CCCCC(C(=O)C=Cc1ccccc1)C(=O)C(=O)O. The van der Waals surface area contributed by atoms with E-state index in [0.29, 0.717) is 6.42 Å². The monoisotopic (exact) mass is 274 g/mol. The molecule has 4 nitrogen and oxygen atoms in total. The topological polar surface area (TPSA) is 71.4 Å². The predicted molar refractivity (Wildman–Crippen MR) is 76.1 cm³/mol. The number of hydrogen-bond donors (Lipinski definition) is 1. The average Bonchev–Trinajstić information content (AvgIpc) is 2.46. The fraction of sp³-hybridized carbons (Fsp3) is 0.312. The van der Waals surface area contributed by atoms with Crippen molar-refractivity contribution in [2.75, 3.05) is 0 Å². The quantitative estimate of drug-likeness (QED) is 0.449. The molecule has 0 fully saturated rings. The minimum atomic E-state index is -1.55. The van der Waals surface area contributed by atoms with Gasteiger partial charge in [-0.15, -0.1) is 0 Å². The summed E-state index contributed by atoms with van der Waals surface area (Å²) >= 11 is 0. The summed E-state index contributed by atoms with van der Waals surface area (Å²) in [5.74, 6) is -4.10. The lowest BCUT2D eigenvalue weighted by molar-refractivity contribution is -0.152. The van der Waals surface area contributed by atoms with Crippen LogP contribution in [0, 0.1) is 5.92 Å². The maximum absolute atomic E-state index is 12.0. The Hall–Kier alpha value is -2.23.